The van der Waals surface area contributed by atoms with Gasteiger partial charge in [-0.15, -0.1) is 0 Å². The molecule has 0 amide bonds. The molecule has 0 saturated carbocycles. The monoisotopic (exact) mass is 236 g/mol. The summed E-state index contributed by atoms with van der Waals surface area (Å²) in [7, 11) is 0. The van der Waals surface area contributed by atoms with Crippen molar-refractivity contribution in [3.8, 4) is 0 Å². The molecule has 1 atom stereocenters. The Morgan fingerprint density at radius 1 is 1.29 bits per heavy atom. The average Bonchev–Trinajstić information content (AvgIpc) is 2.28. The summed E-state index contributed by atoms with van der Waals surface area (Å²) in [5, 5.41) is 9.53. The molecule has 0 fully saturated rings. The first-order chi connectivity index (χ1) is 8.10. The van der Waals surface area contributed by atoms with E-state index in [1.165, 1.54) is 0 Å². The van der Waals surface area contributed by atoms with Crippen molar-refractivity contribution in [2.24, 2.45) is 0 Å². The molecule has 3 nitrogen and oxygen atoms in total. The van der Waals surface area contributed by atoms with E-state index in [0.29, 0.717) is 0 Å². The molecular formula is C14H24N2O. The third kappa shape index (κ3) is 3.70. The van der Waals surface area contributed by atoms with E-state index in [1.807, 2.05) is 6.07 Å². The summed E-state index contributed by atoms with van der Waals surface area (Å²) in [6, 6.07) is 2.03. The number of anilines is 1. The topological polar surface area (TPSA) is 36.4 Å². The molecule has 1 aromatic rings. The van der Waals surface area contributed by atoms with Crippen LogP contribution in [0.15, 0.2) is 12.3 Å². The van der Waals surface area contributed by atoms with Gasteiger partial charge < -0.3 is 10.0 Å². The van der Waals surface area contributed by atoms with Gasteiger partial charge in [0, 0.05) is 19.3 Å². The Bertz CT molecular complexity index is 344. The number of rotatable bonds is 6. The van der Waals surface area contributed by atoms with Crippen LogP contribution in [0.2, 0.25) is 0 Å². The van der Waals surface area contributed by atoms with Gasteiger partial charge in [0.2, 0.25) is 0 Å². The fraction of sp³-hybridized carbons (Fsp3) is 0.643. The van der Waals surface area contributed by atoms with Crippen molar-refractivity contribution in [1.82, 2.24) is 4.98 Å². The van der Waals surface area contributed by atoms with Gasteiger partial charge in [-0.2, -0.15) is 0 Å². The van der Waals surface area contributed by atoms with Gasteiger partial charge in [-0.25, -0.2) is 4.98 Å². The van der Waals surface area contributed by atoms with Crippen LogP contribution in [0.3, 0.4) is 0 Å². The second kappa shape index (κ2) is 6.60. The van der Waals surface area contributed by atoms with Gasteiger partial charge in [0.1, 0.15) is 5.82 Å². The predicted octanol–water partition coefficient (Wildman–Crippen LogP) is 3.07. The lowest BCUT2D eigenvalue weighted by Gasteiger charge is -2.24. The quantitative estimate of drug-likeness (QED) is 0.824. The molecule has 1 N–H and O–H groups in total. The maximum absolute atomic E-state index is 9.53. The SMILES string of the molecule is CCCN(CCC)c1ncc([C@H](C)O)cc1C. The second-order valence-corrected chi connectivity index (χ2v) is 4.57. The van der Waals surface area contributed by atoms with Crippen LogP contribution in [-0.2, 0) is 0 Å². The number of aromatic nitrogens is 1. The van der Waals surface area contributed by atoms with Crippen molar-refractivity contribution >= 4 is 5.82 Å². The number of aryl methyl sites for hydroxylation is 1. The summed E-state index contributed by atoms with van der Waals surface area (Å²) in [4.78, 5) is 6.82. The van der Waals surface area contributed by atoms with Crippen LogP contribution >= 0.6 is 0 Å². The molecule has 0 radical (unpaired) electrons. The number of hydrogen-bond acceptors (Lipinski definition) is 3. The van der Waals surface area contributed by atoms with Gasteiger partial charge in [0.25, 0.3) is 0 Å². The minimum absolute atomic E-state index is 0.443. The van der Waals surface area contributed by atoms with Crippen LogP contribution in [0, 0.1) is 6.92 Å². The number of hydrogen-bond donors (Lipinski definition) is 1. The lowest BCUT2D eigenvalue weighted by molar-refractivity contribution is 0.199. The van der Waals surface area contributed by atoms with Crippen LogP contribution in [0.4, 0.5) is 5.82 Å². The number of aliphatic hydroxyl groups is 1. The van der Waals surface area contributed by atoms with E-state index in [1.54, 1.807) is 13.1 Å². The Morgan fingerprint density at radius 2 is 1.88 bits per heavy atom. The molecule has 1 aromatic heterocycles. The molecule has 1 heterocycles. The van der Waals surface area contributed by atoms with E-state index in [4.69, 9.17) is 0 Å². The average molecular weight is 236 g/mol. The standard InChI is InChI=1S/C14H24N2O/c1-5-7-16(8-6-2)14-11(3)9-13(10-15-14)12(4)17/h9-10,12,17H,5-8H2,1-4H3/t12-/m0/s1. The summed E-state index contributed by atoms with van der Waals surface area (Å²) >= 11 is 0. The molecule has 96 valence electrons. The smallest absolute Gasteiger partial charge is 0.131 e. The van der Waals surface area contributed by atoms with Crippen molar-refractivity contribution in [2.45, 2.75) is 46.6 Å². The molecule has 0 aromatic carbocycles. The van der Waals surface area contributed by atoms with Crippen molar-refractivity contribution in [2.75, 3.05) is 18.0 Å². The van der Waals surface area contributed by atoms with Crippen LogP contribution in [0.25, 0.3) is 0 Å². The highest BCUT2D eigenvalue weighted by atomic mass is 16.3. The van der Waals surface area contributed by atoms with Crippen molar-refractivity contribution in [1.29, 1.82) is 0 Å². The first-order valence-electron chi connectivity index (χ1n) is 6.49. The van der Waals surface area contributed by atoms with Crippen LogP contribution in [0.5, 0.6) is 0 Å². The zero-order valence-electron chi connectivity index (χ0n) is 11.4. The Labute approximate surface area is 104 Å². The molecule has 1 rings (SSSR count). The normalized spacial score (nSPS) is 12.5. The van der Waals surface area contributed by atoms with Gasteiger partial charge in [0.15, 0.2) is 0 Å². The van der Waals surface area contributed by atoms with Crippen LogP contribution in [0.1, 0.15) is 50.8 Å². The minimum Gasteiger partial charge on any atom is -0.389 e. The van der Waals surface area contributed by atoms with E-state index in [0.717, 1.165) is 42.9 Å². The maximum atomic E-state index is 9.53. The molecule has 3 heteroatoms. The molecule has 0 spiro atoms. The van der Waals surface area contributed by atoms with Crippen LogP contribution in [-0.4, -0.2) is 23.2 Å². The number of nitrogens with zero attached hydrogens (tertiary/aromatic N) is 2. The van der Waals surface area contributed by atoms with Gasteiger partial charge in [-0.05, 0) is 43.9 Å². The lowest BCUT2D eigenvalue weighted by Crippen LogP contribution is -2.26. The molecule has 17 heavy (non-hydrogen) atoms. The minimum atomic E-state index is -0.443. The number of pyridine rings is 1. The third-order valence-electron chi connectivity index (χ3n) is 2.84. The largest absolute Gasteiger partial charge is 0.389 e. The van der Waals surface area contributed by atoms with Gasteiger partial charge in [-0.1, -0.05) is 13.8 Å². The Morgan fingerprint density at radius 3 is 2.29 bits per heavy atom. The summed E-state index contributed by atoms with van der Waals surface area (Å²) in [5.74, 6) is 1.05. The van der Waals surface area contributed by atoms with E-state index in [9.17, 15) is 5.11 Å². The highest BCUT2D eigenvalue weighted by molar-refractivity contribution is 5.47. The fourth-order valence-electron chi connectivity index (χ4n) is 2.01. The molecule has 0 unspecified atom stereocenters. The van der Waals surface area contributed by atoms with Gasteiger partial charge >= 0.3 is 0 Å². The summed E-state index contributed by atoms with van der Waals surface area (Å²) in [5.41, 5.74) is 2.03. The maximum Gasteiger partial charge on any atom is 0.131 e. The molecule has 0 aliphatic carbocycles. The van der Waals surface area contributed by atoms with Gasteiger partial charge in [-0.3, -0.25) is 0 Å². The molecule has 0 saturated heterocycles. The van der Waals surface area contributed by atoms with Crippen molar-refractivity contribution in [3.05, 3.63) is 23.4 Å². The Hall–Kier alpha value is -1.09. The summed E-state index contributed by atoms with van der Waals surface area (Å²) in [6.45, 7) is 10.3. The third-order valence-corrected chi connectivity index (χ3v) is 2.84. The highest BCUT2D eigenvalue weighted by Gasteiger charge is 2.11. The van der Waals surface area contributed by atoms with Crippen molar-refractivity contribution < 1.29 is 5.11 Å². The molecule has 0 aliphatic heterocycles. The van der Waals surface area contributed by atoms with Gasteiger partial charge in [0.05, 0.1) is 6.10 Å². The zero-order valence-corrected chi connectivity index (χ0v) is 11.4. The zero-order chi connectivity index (χ0) is 12.8. The molecular weight excluding hydrogens is 212 g/mol. The van der Waals surface area contributed by atoms with E-state index >= 15 is 0 Å². The molecule has 0 bridgehead atoms. The summed E-state index contributed by atoms with van der Waals surface area (Å²) in [6.07, 6.45) is 3.59. The second-order valence-electron chi connectivity index (χ2n) is 4.57. The van der Waals surface area contributed by atoms with Crippen LogP contribution < -0.4 is 4.90 Å². The molecule has 0 aliphatic rings. The van der Waals surface area contributed by atoms with E-state index in [2.05, 4.69) is 30.7 Å². The Kier molecular flexibility index (Phi) is 5.42. The first-order valence-corrected chi connectivity index (χ1v) is 6.49. The van der Waals surface area contributed by atoms with E-state index in [-0.39, 0.29) is 0 Å². The fourth-order valence-corrected chi connectivity index (χ4v) is 2.01. The number of aliphatic hydroxyl groups excluding tert-OH is 1. The summed E-state index contributed by atoms with van der Waals surface area (Å²) < 4.78 is 0. The predicted molar refractivity (Wildman–Crippen MR) is 72.4 cm³/mol. The lowest BCUT2D eigenvalue weighted by atomic mass is 10.1. The highest BCUT2D eigenvalue weighted by Crippen LogP contribution is 2.21. The van der Waals surface area contributed by atoms with Crippen molar-refractivity contribution in [3.63, 3.8) is 0 Å². The first kappa shape index (κ1) is 14.0. The van der Waals surface area contributed by atoms with E-state index < -0.39 is 6.10 Å². The Balaban J connectivity index is 2.95.